The van der Waals surface area contributed by atoms with Crippen LogP contribution in [0.2, 0.25) is 0 Å². The molecule has 3 nitrogen and oxygen atoms in total. The number of aromatic nitrogens is 3. The van der Waals surface area contributed by atoms with Gasteiger partial charge in [-0.3, -0.25) is 0 Å². The van der Waals surface area contributed by atoms with Gasteiger partial charge < -0.3 is 0 Å². The summed E-state index contributed by atoms with van der Waals surface area (Å²) in [4.78, 5) is 15.5. The summed E-state index contributed by atoms with van der Waals surface area (Å²) in [6.07, 6.45) is 0. The second kappa shape index (κ2) is 11.4. The molecule has 2 aromatic heterocycles. The lowest BCUT2D eigenvalue weighted by atomic mass is 9.70. The van der Waals surface area contributed by atoms with Gasteiger partial charge in [0.2, 0.25) is 0 Å². The van der Waals surface area contributed by atoms with E-state index in [1.165, 1.54) is 65.7 Å². The highest BCUT2D eigenvalue weighted by Crippen LogP contribution is 2.61. The summed E-state index contributed by atoms with van der Waals surface area (Å²) >= 11 is 0. The van der Waals surface area contributed by atoms with Gasteiger partial charge >= 0.3 is 0 Å². The van der Waals surface area contributed by atoms with E-state index in [-0.39, 0.29) is 0 Å². The lowest BCUT2D eigenvalue weighted by Gasteiger charge is -2.30. The Kier molecular flexibility index (Phi) is 6.26. The Bertz CT molecular complexity index is 3340. The van der Waals surface area contributed by atoms with Crippen LogP contribution in [-0.2, 0) is 5.41 Å². The van der Waals surface area contributed by atoms with Crippen LogP contribution in [0.5, 0.6) is 0 Å². The number of fused-ring (bicyclic) bond motifs is 22. The Morgan fingerprint density at radius 3 is 1.27 bits per heavy atom. The third-order valence-electron chi connectivity index (χ3n) is 11.9. The zero-order valence-electron chi connectivity index (χ0n) is 29.7. The van der Waals surface area contributed by atoms with E-state index in [9.17, 15) is 0 Å². The van der Waals surface area contributed by atoms with Gasteiger partial charge in [-0.05, 0) is 107 Å². The van der Waals surface area contributed by atoms with Crippen LogP contribution in [0.1, 0.15) is 22.3 Å². The van der Waals surface area contributed by atoms with Gasteiger partial charge in [0, 0.05) is 16.3 Å². The van der Waals surface area contributed by atoms with Crippen molar-refractivity contribution in [2.45, 2.75) is 5.41 Å². The van der Waals surface area contributed by atoms with Crippen molar-refractivity contribution in [2.24, 2.45) is 0 Å². The fourth-order valence-corrected chi connectivity index (χ4v) is 9.41. The van der Waals surface area contributed by atoms with Crippen molar-refractivity contribution in [1.29, 1.82) is 0 Å². The third kappa shape index (κ3) is 4.35. The number of hydrogen-bond donors (Lipinski definition) is 0. The van der Waals surface area contributed by atoms with Crippen LogP contribution in [0, 0.1) is 0 Å². The summed E-state index contributed by atoms with van der Waals surface area (Å²) in [5, 5.41) is 11.3. The van der Waals surface area contributed by atoms with E-state index in [1.807, 2.05) is 18.2 Å². The molecule has 1 spiro atoms. The highest BCUT2D eigenvalue weighted by Gasteiger charge is 2.49. The van der Waals surface area contributed by atoms with Crippen molar-refractivity contribution in [2.75, 3.05) is 0 Å². The standard InChI is InChI=1S/C52H31N3/c1-2-11-32(12-3-1)49-53-50-39-18-10-17-37(29-39)35-15-8-13-33(27-35)34-14-9-16-36(28-34)38-23-25-47-43(30-38)44-31-40(51(54-49)55-50)24-26-48(44)52(47)45-21-6-4-19-41(45)42-20-5-7-22-46(42)52/h1-31H. The molecule has 0 atom stereocenters. The number of nitrogens with zero attached hydrogens (tertiary/aromatic N) is 3. The molecule has 2 heterocycles. The average Bonchev–Trinajstić information content (AvgIpc) is 3.73. The summed E-state index contributed by atoms with van der Waals surface area (Å²) in [7, 11) is 0. The predicted molar refractivity (Wildman–Crippen MR) is 228 cm³/mol. The van der Waals surface area contributed by atoms with Gasteiger partial charge in [0.1, 0.15) is 0 Å². The molecular weight excluding hydrogens is 667 g/mol. The molecule has 2 aliphatic rings. The van der Waals surface area contributed by atoms with Gasteiger partial charge in [-0.25, -0.2) is 15.0 Å². The average molecular weight is 698 g/mol. The molecule has 0 N–H and O–H groups in total. The van der Waals surface area contributed by atoms with Crippen molar-refractivity contribution in [3.05, 3.63) is 210 Å². The maximum absolute atomic E-state index is 5.24. The molecule has 10 aromatic rings. The van der Waals surface area contributed by atoms with Crippen LogP contribution in [0.4, 0.5) is 0 Å². The minimum absolute atomic E-state index is 0.449. The molecule has 0 saturated carbocycles. The number of hydrogen-bond acceptors (Lipinski definition) is 3. The molecule has 3 heteroatoms. The lowest BCUT2D eigenvalue weighted by molar-refractivity contribution is 0.796. The molecule has 55 heavy (non-hydrogen) atoms. The first-order chi connectivity index (χ1) is 27.2. The van der Waals surface area contributed by atoms with E-state index in [4.69, 9.17) is 15.0 Å². The zero-order chi connectivity index (χ0) is 36.1. The summed E-state index contributed by atoms with van der Waals surface area (Å²) in [5.41, 5.74) is 9.63. The Morgan fingerprint density at radius 1 is 0.291 bits per heavy atom. The first-order valence-corrected chi connectivity index (χ1v) is 18.8. The van der Waals surface area contributed by atoms with Gasteiger partial charge in [-0.1, -0.05) is 158 Å². The molecule has 0 aliphatic heterocycles. The second-order valence-corrected chi connectivity index (χ2v) is 14.8. The molecule has 8 aromatic carbocycles. The molecule has 254 valence electrons. The monoisotopic (exact) mass is 697 g/mol. The maximum Gasteiger partial charge on any atom is 0.164 e. The van der Waals surface area contributed by atoms with Crippen LogP contribution >= 0.6 is 0 Å². The predicted octanol–water partition coefficient (Wildman–Crippen LogP) is 12.8. The van der Waals surface area contributed by atoms with Crippen molar-refractivity contribution >= 4 is 65.2 Å². The largest absolute Gasteiger partial charge is 0.208 e. The molecule has 2 aliphatic carbocycles. The van der Waals surface area contributed by atoms with Crippen molar-refractivity contribution in [3.8, 4) is 22.5 Å². The summed E-state index contributed by atoms with van der Waals surface area (Å²) in [6, 6.07) is 68.5. The van der Waals surface area contributed by atoms with Crippen LogP contribution in [-0.4, -0.2) is 15.0 Å². The number of benzene rings is 8. The summed E-state index contributed by atoms with van der Waals surface area (Å²) < 4.78 is 0. The van der Waals surface area contributed by atoms with Gasteiger partial charge in [0.05, 0.1) is 5.41 Å². The summed E-state index contributed by atoms with van der Waals surface area (Å²) in [6.45, 7) is 0. The minimum Gasteiger partial charge on any atom is -0.208 e. The van der Waals surface area contributed by atoms with E-state index in [0.717, 1.165) is 27.1 Å². The van der Waals surface area contributed by atoms with Gasteiger partial charge in [0.25, 0.3) is 0 Å². The molecular formula is C52H31N3. The minimum atomic E-state index is -0.449. The van der Waals surface area contributed by atoms with E-state index in [2.05, 4.69) is 170 Å². The van der Waals surface area contributed by atoms with E-state index in [0.29, 0.717) is 17.1 Å². The Morgan fingerprint density at radius 2 is 0.709 bits per heavy atom. The Hall–Kier alpha value is -7.23. The Balaban J connectivity index is 1.29. The SMILES string of the molecule is c1ccc(-c2nc3nc(n2)c2ccc4c(c2)c2cc(ccc2C42c4ccccc4-c4ccccc42)c2cccc(c2)c2cccc(c2)c2cccc3c2)cc1. The van der Waals surface area contributed by atoms with Crippen LogP contribution < -0.4 is 0 Å². The topological polar surface area (TPSA) is 38.7 Å². The molecule has 0 fully saturated rings. The molecule has 0 saturated heterocycles. The van der Waals surface area contributed by atoms with E-state index < -0.39 is 5.41 Å². The molecule has 12 rings (SSSR count). The summed E-state index contributed by atoms with van der Waals surface area (Å²) in [5.74, 6) is 0.652. The van der Waals surface area contributed by atoms with Crippen molar-refractivity contribution < 1.29 is 0 Å². The maximum atomic E-state index is 5.24. The van der Waals surface area contributed by atoms with Crippen LogP contribution in [0.25, 0.3) is 87.7 Å². The fourth-order valence-electron chi connectivity index (χ4n) is 9.41. The molecule has 0 unspecified atom stereocenters. The Labute approximate surface area is 317 Å². The molecule has 0 radical (unpaired) electrons. The van der Waals surface area contributed by atoms with Gasteiger partial charge in [0.15, 0.2) is 17.1 Å². The van der Waals surface area contributed by atoms with Crippen molar-refractivity contribution in [1.82, 2.24) is 15.0 Å². The van der Waals surface area contributed by atoms with E-state index in [1.54, 1.807) is 0 Å². The number of rotatable bonds is 1. The fraction of sp³-hybridized carbons (Fsp3) is 0.0192. The van der Waals surface area contributed by atoms with Crippen LogP contribution in [0.3, 0.4) is 0 Å². The molecule has 0 amide bonds. The van der Waals surface area contributed by atoms with Gasteiger partial charge in [-0.2, -0.15) is 0 Å². The highest BCUT2D eigenvalue weighted by atomic mass is 15.0. The third-order valence-corrected chi connectivity index (χ3v) is 11.9. The zero-order valence-corrected chi connectivity index (χ0v) is 29.7. The first-order valence-electron chi connectivity index (χ1n) is 18.8. The lowest BCUT2D eigenvalue weighted by Crippen LogP contribution is -2.26. The van der Waals surface area contributed by atoms with Crippen LogP contribution in [0.15, 0.2) is 188 Å². The highest BCUT2D eigenvalue weighted by molar-refractivity contribution is 6.08. The van der Waals surface area contributed by atoms with Crippen molar-refractivity contribution in [3.63, 3.8) is 0 Å². The van der Waals surface area contributed by atoms with Gasteiger partial charge in [-0.15, -0.1) is 0 Å². The quantitative estimate of drug-likeness (QED) is 0.171. The first kappa shape index (κ1) is 30.3. The smallest absolute Gasteiger partial charge is 0.164 e. The second-order valence-electron chi connectivity index (χ2n) is 14.8. The molecule has 12 bridgehead atoms. The van der Waals surface area contributed by atoms with E-state index >= 15 is 0 Å². The normalized spacial score (nSPS) is 13.2.